The summed E-state index contributed by atoms with van der Waals surface area (Å²) in [6.07, 6.45) is -0.890. The predicted molar refractivity (Wildman–Crippen MR) is 121 cm³/mol. The molecule has 1 unspecified atom stereocenters. The maximum Gasteiger partial charge on any atom is 0.404 e. The van der Waals surface area contributed by atoms with Gasteiger partial charge in [0, 0.05) is 11.5 Å². The minimum atomic E-state index is -2.38. The van der Waals surface area contributed by atoms with Crippen LogP contribution in [0.2, 0.25) is 18.1 Å². The first-order chi connectivity index (χ1) is 13.5. The number of H-pyrrole nitrogens is 1. The van der Waals surface area contributed by atoms with Crippen LogP contribution in [0.25, 0.3) is 10.9 Å². The smallest absolute Gasteiger partial charge is 0.404 e. The highest BCUT2D eigenvalue weighted by Gasteiger charge is 2.53. The highest BCUT2D eigenvalue weighted by molar-refractivity contribution is 6.74. The van der Waals surface area contributed by atoms with Crippen LogP contribution in [0.5, 0.6) is 5.75 Å². The van der Waals surface area contributed by atoms with Crippen molar-refractivity contribution in [2.45, 2.75) is 65.3 Å². The number of benzene rings is 1. The third-order valence-electron chi connectivity index (χ3n) is 6.17. The summed E-state index contributed by atoms with van der Waals surface area (Å²) in [6, 6.07) is 6.34. The number of aromatic hydroxyl groups is 1. The minimum absolute atomic E-state index is 0.0441. The second kappa shape index (κ2) is 7.74. The number of nitrogens with one attached hydrogen (secondary N) is 1. The number of amides is 1. The third-order valence-corrected chi connectivity index (χ3v) is 10.6. The van der Waals surface area contributed by atoms with E-state index >= 15 is 0 Å². The van der Waals surface area contributed by atoms with Gasteiger partial charge in [0.2, 0.25) is 5.56 Å². The SMILES string of the molecule is CC(C)(C)C(COC(N)=O)(O[Si](C)(C)C(C)(C)C)c1ccc(O)c2[nH]c(=O)ccc12. The van der Waals surface area contributed by atoms with E-state index < -0.39 is 25.4 Å². The molecule has 0 spiro atoms. The van der Waals surface area contributed by atoms with Crippen molar-refractivity contribution in [3.63, 3.8) is 0 Å². The second-order valence-corrected chi connectivity index (χ2v) is 15.0. The lowest BCUT2D eigenvalue weighted by Gasteiger charge is -2.51. The van der Waals surface area contributed by atoms with E-state index in [2.05, 4.69) is 38.8 Å². The molecule has 1 aromatic heterocycles. The van der Waals surface area contributed by atoms with Crippen LogP contribution in [0.1, 0.15) is 47.1 Å². The van der Waals surface area contributed by atoms with Gasteiger partial charge in [-0.3, -0.25) is 4.79 Å². The fraction of sp³-hybridized carbons (Fsp3) is 0.545. The molecule has 2 aromatic rings. The van der Waals surface area contributed by atoms with Gasteiger partial charge in [0.05, 0.1) is 5.52 Å². The summed E-state index contributed by atoms with van der Waals surface area (Å²) in [5, 5.41) is 10.9. The van der Waals surface area contributed by atoms with Crippen LogP contribution >= 0.6 is 0 Å². The van der Waals surface area contributed by atoms with Crippen molar-refractivity contribution in [1.29, 1.82) is 0 Å². The van der Waals surface area contributed by atoms with Crippen molar-refractivity contribution >= 4 is 25.3 Å². The molecule has 0 bridgehead atoms. The maximum absolute atomic E-state index is 11.9. The van der Waals surface area contributed by atoms with Gasteiger partial charge in [0.15, 0.2) is 8.32 Å². The van der Waals surface area contributed by atoms with Crippen molar-refractivity contribution in [1.82, 2.24) is 4.98 Å². The van der Waals surface area contributed by atoms with Gasteiger partial charge >= 0.3 is 6.09 Å². The summed E-state index contributed by atoms with van der Waals surface area (Å²) in [5.74, 6) is -0.0441. The number of primary amides is 1. The van der Waals surface area contributed by atoms with E-state index in [1.54, 1.807) is 12.1 Å². The van der Waals surface area contributed by atoms with Gasteiger partial charge in [0.1, 0.15) is 18.0 Å². The monoisotopic (exact) mass is 434 g/mol. The van der Waals surface area contributed by atoms with Crippen LogP contribution in [0.3, 0.4) is 0 Å². The number of hydrogen-bond donors (Lipinski definition) is 3. The summed E-state index contributed by atoms with van der Waals surface area (Å²) in [7, 11) is -2.38. The second-order valence-electron chi connectivity index (χ2n) is 10.3. The third kappa shape index (κ3) is 4.39. The molecule has 0 aliphatic heterocycles. The number of carbonyl (C=O) groups is 1. The number of aromatic amines is 1. The fourth-order valence-corrected chi connectivity index (χ4v) is 4.94. The van der Waals surface area contributed by atoms with E-state index in [0.717, 1.165) is 0 Å². The Morgan fingerprint density at radius 1 is 1.10 bits per heavy atom. The van der Waals surface area contributed by atoms with Crippen LogP contribution in [0.4, 0.5) is 4.79 Å². The number of hydrogen-bond acceptors (Lipinski definition) is 5. The van der Waals surface area contributed by atoms with Gasteiger partial charge in [-0.25, -0.2) is 4.79 Å². The first-order valence-electron chi connectivity index (χ1n) is 10.00. The number of phenols is 1. The Morgan fingerprint density at radius 3 is 2.20 bits per heavy atom. The number of nitrogens with two attached hydrogens (primary N) is 1. The topological polar surface area (TPSA) is 115 Å². The molecular weight excluding hydrogens is 400 g/mol. The zero-order chi connectivity index (χ0) is 23.1. The standard InChI is InChI=1S/C22H34N2O5Si/c1-20(2,3)22(13-28-19(23)27,29-30(7,8)21(4,5)6)15-10-11-16(25)18-14(15)9-12-17(26)24-18/h9-12,25H,13H2,1-8H3,(H2,23,27)(H,24,26). The van der Waals surface area contributed by atoms with E-state index in [1.165, 1.54) is 12.1 Å². The number of aromatic nitrogens is 1. The molecule has 2 rings (SSSR count). The van der Waals surface area contributed by atoms with E-state index in [1.807, 2.05) is 20.8 Å². The van der Waals surface area contributed by atoms with E-state index in [9.17, 15) is 14.7 Å². The molecular formula is C22H34N2O5Si. The van der Waals surface area contributed by atoms with Gasteiger partial charge < -0.3 is 25.0 Å². The van der Waals surface area contributed by atoms with E-state index in [0.29, 0.717) is 16.5 Å². The summed E-state index contributed by atoms with van der Waals surface area (Å²) in [5.41, 5.74) is 4.43. The predicted octanol–water partition coefficient (Wildman–Crippen LogP) is 4.59. The zero-order valence-electron chi connectivity index (χ0n) is 19.2. The quantitative estimate of drug-likeness (QED) is 0.595. The lowest BCUT2D eigenvalue weighted by molar-refractivity contribution is -0.0895. The summed E-state index contributed by atoms with van der Waals surface area (Å²) in [6.45, 7) is 16.6. The Hall–Kier alpha value is -2.32. The first-order valence-corrected chi connectivity index (χ1v) is 12.9. The minimum Gasteiger partial charge on any atom is -0.506 e. The van der Waals surface area contributed by atoms with Crippen LogP contribution in [0.15, 0.2) is 29.1 Å². The Kier molecular flexibility index (Phi) is 6.18. The molecule has 7 nitrogen and oxygen atoms in total. The number of rotatable bonds is 5. The summed E-state index contributed by atoms with van der Waals surface area (Å²) in [4.78, 5) is 26.2. The van der Waals surface area contributed by atoms with Crippen LogP contribution in [-0.2, 0) is 14.8 Å². The van der Waals surface area contributed by atoms with Crippen molar-refractivity contribution in [3.05, 3.63) is 40.2 Å². The summed E-state index contributed by atoms with van der Waals surface area (Å²) >= 11 is 0. The Morgan fingerprint density at radius 2 is 1.70 bits per heavy atom. The van der Waals surface area contributed by atoms with Gasteiger partial charge in [0.25, 0.3) is 0 Å². The van der Waals surface area contributed by atoms with Crippen molar-refractivity contribution < 1.29 is 19.1 Å². The zero-order valence-corrected chi connectivity index (χ0v) is 20.2. The number of pyridine rings is 1. The van der Waals surface area contributed by atoms with E-state index in [-0.39, 0.29) is 23.0 Å². The Bertz CT molecular complexity index is 1000. The van der Waals surface area contributed by atoms with Gasteiger partial charge in [-0.1, -0.05) is 47.6 Å². The van der Waals surface area contributed by atoms with Gasteiger partial charge in [-0.2, -0.15) is 0 Å². The van der Waals surface area contributed by atoms with Gasteiger partial charge in [-0.15, -0.1) is 0 Å². The normalized spacial score (nSPS) is 15.1. The summed E-state index contributed by atoms with van der Waals surface area (Å²) < 4.78 is 12.4. The Labute approximate surface area is 178 Å². The fourth-order valence-electron chi connectivity index (χ4n) is 3.29. The van der Waals surface area contributed by atoms with Crippen LogP contribution < -0.4 is 11.3 Å². The Balaban J connectivity index is 2.91. The number of phenolic OH excluding ortho intramolecular Hbond substituents is 1. The highest BCUT2D eigenvalue weighted by atomic mass is 28.4. The van der Waals surface area contributed by atoms with Crippen molar-refractivity contribution in [2.24, 2.45) is 11.1 Å². The molecule has 1 aromatic carbocycles. The van der Waals surface area contributed by atoms with Crippen molar-refractivity contribution in [3.8, 4) is 5.75 Å². The molecule has 1 heterocycles. The first kappa shape index (κ1) is 24.0. The molecule has 0 aliphatic rings. The van der Waals surface area contributed by atoms with Gasteiger partial charge in [-0.05, 0) is 41.2 Å². The molecule has 1 amide bonds. The molecule has 0 fully saturated rings. The molecule has 30 heavy (non-hydrogen) atoms. The maximum atomic E-state index is 11.9. The molecule has 0 aliphatic carbocycles. The average Bonchev–Trinajstić information content (AvgIpc) is 2.57. The molecule has 8 heteroatoms. The van der Waals surface area contributed by atoms with Crippen molar-refractivity contribution in [2.75, 3.05) is 6.61 Å². The van der Waals surface area contributed by atoms with Crippen LogP contribution in [0, 0.1) is 5.41 Å². The number of carbonyl (C=O) groups excluding carboxylic acids is 1. The molecule has 0 saturated heterocycles. The van der Waals surface area contributed by atoms with E-state index in [4.69, 9.17) is 14.9 Å². The largest absolute Gasteiger partial charge is 0.506 e. The van der Waals surface area contributed by atoms with Crippen LogP contribution in [-0.4, -0.2) is 31.1 Å². The molecule has 0 saturated carbocycles. The molecule has 0 radical (unpaired) electrons. The number of ether oxygens (including phenoxy) is 1. The molecule has 1 atom stereocenters. The molecule has 166 valence electrons. The lowest BCUT2D eigenvalue weighted by Crippen LogP contribution is -2.56. The molecule has 4 N–H and O–H groups in total. The lowest BCUT2D eigenvalue weighted by atomic mass is 9.71. The average molecular weight is 435 g/mol. The highest BCUT2D eigenvalue weighted by Crippen LogP contribution is 2.51. The number of fused-ring (bicyclic) bond motifs is 1.